The highest BCUT2D eigenvalue weighted by Crippen LogP contribution is 2.47. The quantitative estimate of drug-likeness (QED) is 0.605. The lowest BCUT2D eigenvalue weighted by atomic mass is 9.86. The number of para-hydroxylation sites is 1. The zero-order valence-electron chi connectivity index (χ0n) is 18.2. The van der Waals surface area contributed by atoms with Gasteiger partial charge in [-0.2, -0.15) is 0 Å². The molecule has 5 rings (SSSR count). The largest absolute Gasteiger partial charge is 0.478 e. The number of carboxylic acid groups (broad SMARTS) is 1. The molecule has 0 amide bonds. The van der Waals surface area contributed by atoms with Crippen LogP contribution in [0.1, 0.15) is 34.3 Å². The Morgan fingerprint density at radius 2 is 1.88 bits per heavy atom. The minimum absolute atomic E-state index is 0.285. The Morgan fingerprint density at radius 1 is 1.16 bits per heavy atom. The van der Waals surface area contributed by atoms with Crippen LogP contribution in [0.2, 0.25) is 0 Å². The van der Waals surface area contributed by atoms with E-state index >= 15 is 0 Å². The summed E-state index contributed by atoms with van der Waals surface area (Å²) in [6.07, 6.45) is 4.20. The van der Waals surface area contributed by atoms with Crippen LogP contribution in [-0.2, 0) is 16.0 Å². The molecule has 2 aromatic rings. The number of hydrogen-bond donors (Lipinski definition) is 1. The van der Waals surface area contributed by atoms with Crippen LogP contribution in [0.3, 0.4) is 0 Å². The fourth-order valence-corrected chi connectivity index (χ4v) is 5.57. The van der Waals surface area contributed by atoms with Gasteiger partial charge in [-0.1, -0.05) is 28.1 Å². The SMILES string of the molecule is C[N+]1(C2OCCO2)C=C(C2CCN(Cc3cc(C(=O)O)ccc3Br)CC2)c2ccccc21. The molecule has 0 radical (unpaired) electrons. The number of allylic oxidation sites excluding steroid dienone is 1. The molecule has 6 nitrogen and oxygen atoms in total. The molecule has 3 aliphatic rings. The number of benzene rings is 2. The lowest BCUT2D eigenvalue weighted by Crippen LogP contribution is -2.48. The number of quaternary nitrogens is 1. The predicted octanol–water partition coefficient (Wildman–Crippen LogP) is 4.68. The molecule has 1 N–H and O–H groups in total. The van der Waals surface area contributed by atoms with Gasteiger partial charge in [0, 0.05) is 28.2 Å². The Kier molecular flexibility index (Phi) is 5.94. The molecule has 32 heavy (non-hydrogen) atoms. The average Bonchev–Trinajstić information content (AvgIpc) is 3.44. The number of nitrogens with zero attached hydrogens (tertiary/aromatic N) is 2. The van der Waals surface area contributed by atoms with Crippen molar-refractivity contribution in [2.45, 2.75) is 25.8 Å². The second-order valence-corrected chi connectivity index (χ2v) is 9.81. The molecule has 2 aromatic carbocycles. The lowest BCUT2D eigenvalue weighted by Gasteiger charge is -2.32. The molecule has 0 spiro atoms. The molecular weight excluding hydrogens is 472 g/mol. The number of fused-ring (bicyclic) bond motifs is 1. The van der Waals surface area contributed by atoms with Crippen molar-refractivity contribution in [3.8, 4) is 0 Å². The van der Waals surface area contributed by atoms with Gasteiger partial charge in [0.2, 0.25) is 0 Å². The summed E-state index contributed by atoms with van der Waals surface area (Å²) in [7, 11) is 2.17. The monoisotopic (exact) mass is 499 g/mol. The van der Waals surface area contributed by atoms with Gasteiger partial charge in [-0.15, -0.1) is 0 Å². The average molecular weight is 500 g/mol. The molecule has 1 unspecified atom stereocenters. The fraction of sp³-hybridized carbons (Fsp3) is 0.400. The molecule has 3 heterocycles. The number of halogens is 1. The van der Waals surface area contributed by atoms with Crippen LogP contribution >= 0.6 is 15.9 Å². The van der Waals surface area contributed by atoms with E-state index in [-0.39, 0.29) is 6.41 Å². The highest BCUT2D eigenvalue weighted by atomic mass is 79.9. The highest BCUT2D eigenvalue weighted by Gasteiger charge is 2.46. The number of hydrogen-bond acceptors (Lipinski definition) is 4. The minimum atomic E-state index is -0.888. The number of ether oxygens (including phenoxy) is 2. The maximum absolute atomic E-state index is 11.3. The van der Waals surface area contributed by atoms with Crippen molar-refractivity contribution in [3.05, 3.63) is 69.8 Å². The molecular formula is C25H28BrN2O4+. The van der Waals surface area contributed by atoms with E-state index in [2.05, 4.69) is 58.3 Å². The van der Waals surface area contributed by atoms with E-state index < -0.39 is 5.97 Å². The number of rotatable bonds is 5. The van der Waals surface area contributed by atoms with Crippen LogP contribution in [0.4, 0.5) is 5.69 Å². The van der Waals surface area contributed by atoms with Crippen LogP contribution in [0.25, 0.3) is 5.57 Å². The summed E-state index contributed by atoms with van der Waals surface area (Å²) < 4.78 is 13.3. The third kappa shape index (κ3) is 3.93. The van der Waals surface area contributed by atoms with Gasteiger partial charge < -0.3 is 14.6 Å². The third-order valence-electron chi connectivity index (χ3n) is 6.90. The lowest BCUT2D eigenvalue weighted by molar-refractivity contribution is -0.118. The van der Waals surface area contributed by atoms with Gasteiger partial charge in [-0.25, -0.2) is 9.28 Å². The van der Waals surface area contributed by atoms with Crippen LogP contribution in [0, 0.1) is 5.92 Å². The number of piperidine rings is 1. The summed E-state index contributed by atoms with van der Waals surface area (Å²) in [6, 6.07) is 13.9. The molecule has 0 aromatic heterocycles. The molecule has 0 saturated carbocycles. The van der Waals surface area contributed by atoms with Gasteiger partial charge in [-0.05, 0) is 61.7 Å². The zero-order chi connectivity index (χ0) is 22.3. The van der Waals surface area contributed by atoms with Gasteiger partial charge in [0.25, 0.3) is 0 Å². The van der Waals surface area contributed by atoms with Crippen LogP contribution in [-0.4, -0.2) is 55.7 Å². The molecule has 7 heteroatoms. The summed E-state index contributed by atoms with van der Waals surface area (Å²) in [6.45, 7) is 3.99. The van der Waals surface area contributed by atoms with E-state index in [1.54, 1.807) is 12.1 Å². The number of carbonyl (C=O) groups is 1. The van der Waals surface area contributed by atoms with Crippen molar-refractivity contribution in [2.75, 3.05) is 33.4 Å². The molecule has 0 bridgehead atoms. The van der Waals surface area contributed by atoms with Crippen LogP contribution in [0.5, 0.6) is 0 Å². The minimum Gasteiger partial charge on any atom is -0.478 e. The first-order valence-electron chi connectivity index (χ1n) is 11.1. The van der Waals surface area contributed by atoms with E-state index in [1.807, 2.05) is 6.07 Å². The van der Waals surface area contributed by atoms with Crippen molar-refractivity contribution < 1.29 is 19.4 Å². The van der Waals surface area contributed by atoms with E-state index in [9.17, 15) is 9.90 Å². The van der Waals surface area contributed by atoms with E-state index in [1.165, 1.54) is 16.8 Å². The smallest absolute Gasteiger partial charge is 0.335 e. The normalized spacial score (nSPS) is 24.5. The first-order chi connectivity index (χ1) is 15.5. The highest BCUT2D eigenvalue weighted by molar-refractivity contribution is 9.10. The van der Waals surface area contributed by atoms with Crippen molar-refractivity contribution in [3.63, 3.8) is 0 Å². The van der Waals surface area contributed by atoms with Crippen molar-refractivity contribution >= 4 is 33.2 Å². The molecule has 168 valence electrons. The topological polar surface area (TPSA) is 59.0 Å². The van der Waals surface area contributed by atoms with Crippen molar-refractivity contribution in [2.24, 2.45) is 5.92 Å². The van der Waals surface area contributed by atoms with Gasteiger partial charge in [0.05, 0.1) is 25.8 Å². The van der Waals surface area contributed by atoms with Gasteiger partial charge in [0.1, 0.15) is 11.9 Å². The number of likely N-dealkylation sites (tertiary alicyclic amines) is 1. The molecule has 2 fully saturated rings. The molecule has 0 aliphatic carbocycles. The summed E-state index contributed by atoms with van der Waals surface area (Å²) >= 11 is 3.58. The maximum atomic E-state index is 11.3. The van der Waals surface area contributed by atoms with Crippen molar-refractivity contribution in [1.82, 2.24) is 9.38 Å². The second-order valence-electron chi connectivity index (χ2n) is 8.96. The van der Waals surface area contributed by atoms with Crippen molar-refractivity contribution in [1.29, 1.82) is 0 Å². The predicted molar refractivity (Wildman–Crippen MR) is 127 cm³/mol. The Balaban J connectivity index is 1.31. The Morgan fingerprint density at radius 3 is 2.59 bits per heavy atom. The number of aromatic carboxylic acids is 1. The van der Waals surface area contributed by atoms with Gasteiger partial charge in [0.15, 0.2) is 0 Å². The maximum Gasteiger partial charge on any atom is 0.335 e. The van der Waals surface area contributed by atoms with E-state index in [0.717, 1.165) is 42.5 Å². The van der Waals surface area contributed by atoms with Crippen LogP contribution < -0.4 is 4.48 Å². The summed E-state index contributed by atoms with van der Waals surface area (Å²) in [5.74, 6) is -0.400. The Hall–Kier alpha value is -2.03. The first-order valence-corrected chi connectivity index (χ1v) is 11.9. The van der Waals surface area contributed by atoms with E-state index in [0.29, 0.717) is 29.2 Å². The zero-order valence-corrected chi connectivity index (χ0v) is 19.8. The summed E-state index contributed by atoms with van der Waals surface area (Å²) in [5, 5.41) is 9.31. The summed E-state index contributed by atoms with van der Waals surface area (Å²) in [4.78, 5) is 13.8. The van der Waals surface area contributed by atoms with Gasteiger partial charge in [-0.3, -0.25) is 4.90 Å². The fourth-order valence-electron chi connectivity index (χ4n) is 5.19. The molecule has 1 atom stereocenters. The summed E-state index contributed by atoms with van der Waals surface area (Å²) in [5.41, 5.74) is 5.30. The van der Waals surface area contributed by atoms with Gasteiger partial charge >= 0.3 is 12.4 Å². The number of carboxylic acids is 1. The molecule has 3 aliphatic heterocycles. The van der Waals surface area contributed by atoms with Crippen LogP contribution in [0.15, 0.2) is 53.1 Å². The Bertz CT molecular complexity index is 1060. The Labute approximate surface area is 196 Å². The standard InChI is InChI=1S/C25H27BrN2O4/c1-28(25-31-12-13-32-25)16-21(20-4-2-3-5-23(20)28)17-8-10-27(11-9-17)15-19-14-18(24(29)30)6-7-22(19)26/h2-7,14,16-17,25H,8-13,15H2,1H3/p+1. The molecule has 2 saturated heterocycles. The first kappa shape index (κ1) is 21.8. The third-order valence-corrected chi connectivity index (χ3v) is 7.67. The second kappa shape index (κ2) is 8.72. The van der Waals surface area contributed by atoms with E-state index in [4.69, 9.17) is 9.47 Å².